The summed E-state index contributed by atoms with van der Waals surface area (Å²) in [5.41, 5.74) is 0. The lowest BCUT2D eigenvalue weighted by molar-refractivity contribution is -0.124. The lowest BCUT2D eigenvalue weighted by atomic mass is 9.93. The molecule has 3 rings (SSSR count). The van der Waals surface area contributed by atoms with Crippen molar-refractivity contribution in [1.29, 1.82) is 0 Å². The molecule has 0 spiro atoms. The van der Waals surface area contributed by atoms with E-state index in [-0.39, 0.29) is 24.7 Å². The Balaban J connectivity index is 1.40. The number of aromatic nitrogens is 2. The van der Waals surface area contributed by atoms with Crippen molar-refractivity contribution in [1.82, 2.24) is 15.3 Å². The summed E-state index contributed by atoms with van der Waals surface area (Å²) in [5.74, 6) is 1.94. The van der Waals surface area contributed by atoms with E-state index in [2.05, 4.69) is 15.3 Å². The van der Waals surface area contributed by atoms with Crippen molar-refractivity contribution in [2.75, 3.05) is 20.8 Å². The molecule has 1 aliphatic rings. The van der Waals surface area contributed by atoms with Gasteiger partial charge in [0.2, 0.25) is 0 Å². The third-order valence-electron chi connectivity index (χ3n) is 4.56. The highest BCUT2D eigenvalue weighted by Crippen LogP contribution is 2.27. The molecule has 0 saturated heterocycles. The van der Waals surface area contributed by atoms with Crippen molar-refractivity contribution in [2.24, 2.45) is 0 Å². The molecule has 1 amide bonds. The van der Waals surface area contributed by atoms with Crippen molar-refractivity contribution < 1.29 is 23.7 Å². The second-order valence-electron chi connectivity index (χ2n) is 6.50. The predicted molar refractivity (Wildman–Crippen MR) is 102 cm³/mol. The Morgan fingerprint density at radius 1 is 1.04 bits per heavy atom. The average Bonchev–Trinajstić information content (AvgIpc) is 2.74. The molecule has 1 saturated carbocycles. The van der Waals surface area contributed by atoms with Gasteiger partial charge in [0.15, 0.2) is 6.61 Å². The summed E-state index contributed by atoms with van der Waals surface area (Å²) in [6.45, 7) is -0.0274. The van der Waals surface area contributed by atoms with E-state index in [1.165, 1.54) is 7.11 Å². The third-order valence-corrected chi connectivity index (χ3v) is 4.56. The zero-order valence-corrected chi connectivity index (χ0v) is 16.1. The number of ether oxygens (including phenoxy) is 4. The molecule has 0 radical (unpaired) electrons. The largest absolute Gasteiger partial charge is 0.497 e. The van der Waals surface area contributed by atoms with Crippen molar-refractivity contribution >= 4 is 5.91 Å². The maximum Gasteiger partial charge on any atom is 0.278 e. The molecule has 150 valence electrons. The van der Waals surface area contributed by atoms with Gasteiger partial charge < -0.3 is 24.3 Å². The van der Waals surface area contributed by atoms with Crippen LogP contribution in [-0.4, -0.2) is 48.8 Å². The summed E-state index contributed by atoms with van der Waals surface area (Å²) >= 11 is 0. The Morgan fingerprint density at radius 2 is 1.75 bits per heavy atom. The zero-order valence-electron chi connectivity index (χ0n) is 16.1. The van der Waals surface area contributed by atoms with E-state index in [0.717, 1.165) is 25.7 Å². The van der Waals surface area contributed by atoms with E-state index in [1.54, 1.807) is 31.6 Å². The Morgan fingerprint density at radius 3 is 2.46 bits per heavy atom. The van der Waals surface area contributed by atoms with Gasteiger partial charge in [-0.05, 0) is 37.8 Å². The van der Waals surface area contributed by atoms with Gasteiger partial charge in [-0.1, -0.05) is 6.07 Å². The van der Waals surface area contributed by atoms with E-state index in [0.29, 0.717) is 23.3 Å². The Labute approximate surface area is 164 Å². The average molecular weight is 387 g/mol. The number of nitrogens with zero attached hydrogens (tertiary/aromatic N) is 2. The van der Waals surface area contributed by atoms with Crippen LogP contribution in [0.4, 0.5) is 0 Å². The number of benzene rings is 1. The lowest BCUT2D eigenvalue weighted by Gasteiger charge is -2.29. The van der Waals surface area contributed by atoms with Crippen LogP contribution in [0.2, 0.25) is 0 Å². The van der Waals surface area contributed by atoms with Gasteiger partial charge in [0.25, 0.3) is 17.7 Å². The summed E-state index contributed by atoms with van der Waals surface area (Å²) in [5, 5.41) is 3.02. The quantitative estimate of drug-likeness (QED) is 0.743. The molecule has 28 heavy (non-hydrogen) atoms. The standard InChI is InChI=1S/C20H25N3O5/c1-25-16-4-3-5-17(12-16)27-13-18(24)23-14-6-8-15(9-7-14)28-20-19(26-2)21-10-11-22-20/h3-5,10-12,14-15H,6-9,13H2,1-2H3,(H,23,24). The molecule has 1 aromatic carbocycles. The second kappa shape index (κ2) is 9.77. The van der Waals surface area contributed by atoms with E-state index < -0.39 is 0 Å². The molecule has 2 aromatic rings. The van der Waals surface area contributed by atoms with Gasteiger partial charge in [0, 0.05) is 24.5 Å². The van der Waals surface area contributed by atoms with Crippen LogP contribution in [-0.2, 0) is 4.79 Å². The third kappa shape index (κ3) is 5.48. The fourth-order valence-electron chi connectivity index (χ4n) is 3.13. The van der Waals surface area contributed by atoms with Crippen LogP contribution in [0.1, 0.15) is 25.7 Å². The van der Waals surface area contributed by atoms with Crippen LogP contribution in [0.15, 0.2) is 36.7 Å². The summed E-state index contributed by atoms with van der Waals surface area (Å²) in [4.78, 5) is 20.4. The van der Waals surface area contributed by atoms with Gasteiger partial charge in [-0.15, -0.1) is 0 Å². The van der Waals surface area contributed by atoms with Gasteiger partial charge in [0.05, 0.1) is 14.2 Å². The Bertz CT molecular complexity index is 778. The molecule has 0 unspecified atom stereocenters. The van der Waals surface area contributed by atoms with E-state index in [9.17, 15) is 4.79 Å². The molecule has 1 aliphatic carbocycles. The van der Waals surface area contributed by atoms with Crippen molar-refractivity contribution in [3.05, 3.63) is 36.7 Å². The monoisotopic (exact) mass is 387 g/mol. The van der Waals surface area contributed by atoms with Crippen molar-refractivity contribution in [2.45, 2.75) is 37.8 Å². The number of methoxy groups -OCH3 is 2. The minimum Gasteiger partial charge on any atom is -0.497 e. The summed E-state index contributed by atoms with van der Waals surface area (Å²) in [6.07, 6.45) is 6.48. The summed E-state index contributed by atoms with van der Waals surface area (Å²) < 4.78 is 21.7. The van der Waals surface area contributed by atoms with Gasteiger partial charge in [-0.25, -0.2) is 9.97 Å². The maximum atomic E-state index is 12.2. The number of hydrogen-bond donors (Lipinski definition) is 1. The first-order valence-corrected chi connectivity index (χ1v) is 9.26. The molecule has 1 fully saturated rings. The van der Waals surface area contributed by atoms with E-state index in [1.807, 2.05) is 12.1 Å². The summed E-state index contributed by atoms with van der Waals surface area (Å²) in [7, 11) is 3.13. The van der Waals surface area contributed by atoms with Gasteiger partial charge in [-0.3, -0.25) is 4.79 Å². The van der Waals surface area contributed by atoms with Gasteiger partial charge in [0.1, 0.15) is 17.6 Å². The number of nitrogens with one attached hydrogen (secondary N) is 1. The number of amides is 1. The molecule has 0 atom stereocenters. The SMILES string of the molecule is COc1cccc(OCC(=O)NC2CCC(Oc3nccnc3OC)CC2)c1. The Hall–Kier alpha value is -3.03. The highest BCUT2D eigenvalue weighted by Gasteiger charge is 2.25. The van der Waals surface area contributed by atoms with Gasteiger partial charge >= 0.3 is 0 Å². The number of hydrogen-bond acceptors (Lipinski definition) is 7. The normalized spacial score (nSPS) is 18.8. The number of rotatable bonds is 8. The smallest absolute Gasteiger partial charge is 0.278 e. The molecule has 1 heterocycles. The molecular formula is C20H25N3O5. The molecule has 1 aromatic heterocycles. The van der Waals surface area contributed by atoms with Crippen LogP contribution in [0.3, 0.4) is 0 Å². The van der Waals surface area contributed by atoms with E-state index in [4.69, 9.17) is 18.9 Å². The predicted octanol–water partition coefficient (Wildman–Crippen LogP) is 2.38. The van der Waals surface area contributed by atoms with Crippen LogP contribution < -0.4 is 24.3 Å². The van der Waals surface area contributed by atoms with Crippen molar-refractivity contribution in [3.63, 3.8) is 0 Å². The maximum absolute atomic E-state index is 12.2. The van der Waals surface area contributed by atoms with Crippen LogP contribution in [0, 0.1) is 0 Å². The van der Waals surface area contributed by atoms with Crippen LogP contribution in [0.5, 0.6) is 23.3 Å². The fraction of sp³-hybridized carbons (Fsp3) is 0.450. The van der Waals surface area contributed by atoms with E-state index >= 15 is 0 Å². The number of carbonyl (C=O) groups excluding carboxylic acids is 1. The number of carbonyl (C=O) groups is 1. The molecule has 0 bridgehead atoms. The minimum atomic E-state index is -0.136. The van der Waals surface area contributed by atoms with Crippen molar-refractivity contribution in [3.8, 4) is 23.3 Å². The summed E-state index contributed by atoms with van der Waals surface area (Å²) in [6, 6.07) is 7.30. The molecule has 0 aliphatic heterocycles. The molecule has 1 N–H and O–H groups in total. The molecule has 8 nitrogen and oxygen atoms in total. The van der Waals surface area contributed by atoms with Crippen LogP contribution >= 0.6 is 0 Å². The highest BCUT2D eigenvalue weighted by molar-refractivity contribution is 5.77. The van der Waals surface area contributed by atoms with Gasteiger partial charge in [-0.2, -0.15) is 0 Å². The van der Waals surface area contributed by atoms with Crippen LogP contribution in [0.25, 0.3) is 0 Å². The zero-order chi connectivity index (χ0) is 19.8. The second-order valence-corrected chi connectivity index (χ2v) is 6.50. The first kappa shape index (κ1) is 19.7. The highest BCUT2D eigenvalue weighted by atomic mass is 16.5. The fourth-order valence-corrected chi connectivity index (χ4v) is 3.13. The first-order valence-electron chi connectivity index (χ1n) is 9.26. The Kier molecular flexibility index (Phi) is 6.89. The topological polar surface area (TPSA) is 91.8 Å². The first-order chi connectivity index (χ1) is 13.7. The molecule has 8 heteroatoms. The molecular weight excluding hydrogens is 362 g/mol. The minimum absolute atomic E-state index is 0.0274. The lowest BCUT2D eigenvalue weighted by Crippen LogP contribution is -2.41.